The molecule has 0 fully saturated rings. The summed E-state index contributed by atoms with van der Waals surface area (Å²) in [5, 5.41) is 30.2. The van der Waals surface area contributed by atoms with Gasteiger partial charge in [-0.05, 0) is 83.5 Å². The highest BCUT2D eigenvalue weighted by Gasteiger charge is 2.33. The molecule has 0 radical (unpaired) electrons. The van der Waals surface area contributed by atoms with Gasteiger partial charge in [0.1, 0.15) is 0 Å². The number of hydrogen-bond donors (Lipinski definition) is 3. The van der Waals surface area contributed by atoms with Gasteiger partial charge in [0.25, 0.3) is 5.91 Å². The quantitative estimate of drug-likeness (QED) is 0.187. The minimum absolute atomic E-state index is 0.0577. The van der Waals surface area contributed by atoms with Crippen molar-refractivity contribution in [3.63, 3.8) is 0 Å². The van der Waals surface area contributed by atoms with Gasteiger partial charge in [-0.2, -0.15) is 0 Å². The van der Waals surface area contributed by atoms with Crippen molar-refractivity contribution in [1.82, 2.24) is 4.90 Å². The molecule has 0 spiro atoms. The highest BCUT2D eigenvalue weighted by atomic mass is 35.5. The Balaban J connectivity index is 1.65. The van der Waals surface area contributed by atoms with Gasteiger partial charge in [0.15, 0.2) is 0 Å². The molecule has 0 bridgehead atoms. The predicted molar refractivity (Wildman–Crippen MR) is 161 cm³/mol. The van der Waals surface area contributed by atoms with E-state index < -0.39 is 52.1 Å². The molecule has 1 amide bonds. The van der Waals surface area contributed by atoms with Crippen LogP contribution in [0, 0.1) is 0 Å². The topological polar surface area (TPSA) is 132 Å². The van der Waals surface area contributed by atoms with E-state index in [1.165, 1.54) is 4.90 Å². The summed E-state index contributed by atoms with van der Waals surface area (Å²) in [4.78, 5) is 51.9. The molecule has 8 nitrogen and oxygen atoms in total. The SMILES string of the molecule is O=C(O)c1cc(C(=O)O)c(C(=O)N(Cc2cccc(-c3cc(Cl)cc(Cl)c3)c2)[C@H]2CCCc3ccccc32)cc1C(=O)O. The largest absolute Gasteiger partial charge is 0.478 e. The molecule has 4 aromatic carbocycles. The highest BCUT2D eigenvalue weighted by Crippen LogP contribution is 2.37. The summed E-state index contributed by atoms with van der Waals surface area (Å²) in [5.74, 6) is -5.48. The number of carboxylic acids is 3. The maximum Gasteiger partial charge on any atom is 0.336 e. The van der Waals surface area contributed by atoms with Crippen LogP contribution in [0.4, 0.5) is 0 Å². The third-order valence-corrected chi connectivity index (χ3v) is 7.97. The first-order chi connectivity index (χ1) is 20.5. The van der Waals surface area contributed by atoms with E-state index in [-0.39, 0.29) is 6.54 Å². The number of rotatable bonds is 8. The molecule has 1 aliphatic carbocycles. The molecule has 0 aromatic heterocycles. The predicted octanol–water partition coefficient (Wildman–Crippen LogP) is 7.48. The molecule has 1 aliphatic rings. The van der Waals surface area contributed by atoms with E-state index in [1.54, 1.807) is 18.2 Å². The maximum absolute atomic E-state index is 14.4. The minimum atomic E-state index is -1.62. The fourth-order valence-electron chi connectivity index (χ4n) is 5.60. The zero-order chi connectivity index (χ0) is 30.8. The summed E-state index contributed by atoms with van der Waals surface area (Å²) in [6.07, 6.45) is 2.18. The van der Waals surface area contributed by atoms with E-state index >= 15 is 0 Å². The van der Waals surface area contributed by atoms with Crippen LogP contribution < -0.4 is 0 Å². The number of nitrogens with zero attached hydrogens (tertiary/aromatic N) is 1. The Morgan fingerprint density at radius 3 is 1.95 bits per heavy atom. The molecule has 218 valence electrons. The molecule has 0 unspecified atom stereocenters. The van der Waals surface area contributed by atoms with Gasteiger partial charge >= 0.3 is 17.9 Å². The van der Waals surface area contributed by atoms with Crippen LogP contribution in [0.3, 0.4) is 0 Å². The van der Waals surface area contributed by atoms with Crippen LogP contribution in [0.2, 0.25) is 10.0 Å². The van der Waals surface area contributed by atoms with E-state index in [0.717, 1.165) is 52.8 Å². The van der Waals surface area contributed by atoms with Crippen LogP contribution in [0.5, 0.6) is 0 Å². The number of hydrogen-bond acceptors (Lipinski definition) is 4. The number of halogens is 2. The lowest BCUT2D eigenvalue weighted by atomic mass is 9.86. The lowest BCUT2D eigenvalue weighted by Crippen LogP contribution is -2.37. The van der Waals surface area contributed by atoms with Crippen LogP contribution in [0.1, 0.15) is 77.0 Å². The molecule has 0 aliphatic heterocycles. The first-order valence-electron chi connectivity index (χ1n) is 13.4. The Kier molecular flexibility index (Phi) is 8.52. The standard InChI is InChI=1S/C33H25Cl2NO7/c34-22-12-21(13-23(35)14-22)20-8-3-5-18(11-20)17-36(29-10-4-7-19-6-1-2-9-24(19)29)30(37)25-15-27(32(40)41)28(33(42)43)16-26(25)31(38)39/h1-3,5-6,8-9,11-16,29H,4,7,10,17H2,(H,38,39)(H,40,41)(H,42,43)/t29-/m0/s1. The van der Waals surface area contributed by atoms with Crippen LogP contribution in [0.25, 0.3) is 11.1 Å². The van der Waals surface area contributed by atoms with Crippen LogP contribution >= 0.6 is 23.2 Å². The number of carbonyl (C=O) groups excluding carboxylic acids is 1. The zero-order valence-electron chi connectivity index (χ0n) is 22.6. The van der Waals surface area contributed by atoms with Crippen molar-refractivity contribution in [3.05, 3.63) is 128 Å². The molecule has 43 heavy (non-hydrogen) atoms. The number of fused-ring (bicyclic) bond motifs is 1. The van der Waals surface area contributed by atoms with E-state index in [4.69, 9.17) is 23.2 Å². The Hall–Kier alpha value is -4.66. The van der Waals surface area contributed by atoms with E-state index in [2.05, 4.69) is 0 Å². The molecular formula is C33H25Cl2NO7. The summed E-state index contributed by atoms with van der Waals surface area (Å²) >= 11 is 12.5. The van der Waals surface area contributed by atoms with Crippen molar-refractivity contribution in [2.45, 2.75) is 31.8 Å². The second-order valence-electron chi connectivity index (χ2n) is 10.3. The smallest absolute Gasteiger partial charge is 0.336 e. The number of aromatic carboxylic acids is 3. The van der Waals surface area contributed by atoms with Gasteiger partial charge in [-0.25, -0.2) is 14.4 Å². The lowest BCUT2D eigenvalue weighted by Gasteiger charge is -2.36. The molecule has 3 N–H and O–H groups in total. The number of aryl methyl sites for hydroxylation is 1. The monoisotopic (exact) mass is 617 g/mol. The van der Waals surface area contributed by atoms with Crippen LogP contribution in [0.15, 0.2) is 78.9 Å². The fraction of sp³-hybridized carbons (Fsp3) is 0.152. The third kappa shape index (κ3) is 6.26. The summed E-state index contributed by atoms with van der Waals surface area (Å²) < 4.78 is 0. The summed E-state index contributed by atoms with van der Waals surface area (Å²) in [7, 11) is 0. The van der Waals surface area contributed by atoms with Gasteiger partial charge in [0.05, 0.1) is 28.3 Å². The minimum Gasteiger partial charge on any atom is -0.478 e. The average molecular weight is 618 g/mol. The Labute approximate surface area is 256 Å². The zero-order valence-corrected chi connectivity index (χ0v) is 24.1. The second-order valence-corrected chi connectivity index (χ2v) is 11.1. The average Bonchev–Trinajstić information content (AvgIpc) is 2.98. The number of carbonyl (C=O) groups is 4. The molecule has 5 rings (SSSR count). The number of carboxylic acid groups (broad SMARTS) is 3. The summed E-state index contributed by atoms with van der Waals surface area (Å²) in [6, 6.07) is 21.4. The van der Waals surface area contributed by atoms with Crippen molar-refractivity contribution in [1.29, 1.82) is 0 Å². The van der Waals surface area contributed by atoms with Gasteiger partial charge in [-0.1, -0.05) is 65.7 Å². The highest BCUT2D eigenvalue weighted by molar-refractivity contribution is 6.35. The van der Waals surface area contributed by atoms with Crippen molar-refractivity contribution < 1.29 is 34.5 Å². The molecule has 10 heteroatoms. The van der Waals surface area contributed by atoms with Gasteiger partial charge in [-0.3, -0.25) is 4.79 Å². The normalized spacial score (nSPS) is 14.0. The van der Waals surface area contributed by atoms with Crippen molar-refractivity contribution >= 4 is 47.0 Å². The van der Waals surface area contributed by atoms with E-state index in [1.807, 2.05) is 48.5 Å². The molecule has 0 heterocycles. The van der Waals surface area contributed by atoms with Gasteiger partial charge in [0, 0.05) is 16.6 Å². The van der Waals surface area contributed by atoms with Gasteiger partial charge in [0.2, 0.25) is 0 Å². The Bertz CT molecular complexity index is 1770. The van der Waals surface area contributed by atoms with E-state index in [9.17, 15) is 34.5 Å². The molecular weight excluding hydrogens is 593 g/mol. The lowest BCUT2D eigenvalue weighted by molar-refractivity contribution is 0.0611. The molecule has 4 aromatic rings. The van der Waals surface area contributed by atoms with Crippen molar-refractivity contribution in [2.75, 3.05) is 0 Å². The van der Waals surface area contributed by atoms with E-state index in [0.29, 0.717) is 16.5 Å². The summed E-state index contributed by atoms with van der Waals surface area (Å²) in [5.41, 5.74) is 1.87. The molecule has 1 atom stereocenters. The first kappa shape index (κ1) is 29.8. The second kappa shape index (κ2) is 12.3. The third-order valence-electron chi connectivity index (χ3n) is 7.53. The Morgan fingerprint density at radius 2 is 1.30 bits per heavy atom. The molecule has 0 saturated carbocycles. The van der Waals surface area contributed by atoms with Crippen LogP contribution in [-0.4, -0.2) is 44.0 Å². The summed E-state index contributed by atoms with van der Waals surface area (Å²) in [6.45, 7) is 0.0577. The number of benzene rings is 4. The molecule has 0 saturated heterocycles. The van der Waals surface area contributed by atoms with Crippen molar-refractivity contribution in [2.24, 2.45) is 0 Å². The van der Waals surface area contributed by atoms with Gasteiger partial charge in [-0.15, -0.1) is 0 Å². The van der Waals surface area contributed by atoms with Gasteiger partial charge < -0.3 is 20.2 Å². The van der Waals surface area contributed by atoms with Crippen LogP contribution in [-0.2, 0) is 13.0 Å². The maximum atomic E-state index is 14.4. The Morgan fingerprint density at radius 1 is 0.698 bits per heavy atom. The van der Waals surface area contributed by atoms with Crippen molar-refractivity contribution in [3.8, 4) is 11.1 Å². The first-order valence-corrected chi connectivity index (χ1v) is 14.1. The number of amides is 1. The fourth-order valence-corrected chi connectivity index (χ4v) is 6.13.